The number of carbonyl (C=O) groups is 1. The molecule has 0 saturated carbocycles. The molecule has 2 aromatic rings. The van der Waals surface area contributed by atoms with Crippen LogP contribution in [0.2, 0.25) is 0 Å². The van der Waals surface area contributed by atoms with E-state index in [1.807, 2.05) is 60.7 Å². The van der Waals surface area contributed by atoms with Gasteiger partial charge in [0.2, 0.25) is 0 Å². The summed E-state index contributed by atoms with van der Waals surface area (Å²) in [6.45, 7) is 0.355. The molecule has 0 radical (unpaired) electrons. The molecule has 136 valence electrons. The van der Waals surface area contributed by atoms with Crippen molar-refractivity contribution < 1.29 is 13.2 Å². The minimum atomic E-state index is -3.07. The standard InChI is InChI=1S/C20H22N2O3S/c23-20(21-18-11-5-2-6-12-18)22(19-13-15-26(24,25)16-19)14-7-10-17-8-3-1-4-9-17/h1-12,19H,13-16H2,(H,21,23)/b10-7+. The van der Waals surface area contributed by atoms with Gasteiger partial charge in [-0.1, -0.05) is 60.7 Å². The van der Waals surface area contributed by atoms with Crippen LogP contribution < -0.4 is 5.32 Å². The van der Waals surface area contributed by atoms with E-state index in [0.717, 1.165) is 5.56 Å². The van der Waals surface area contributed by atoms with Gasteiger partial charge in [-0.15, -0.1) is 0 Å². The Balaban J connectivity index is 1.73. The number of urea groups is 1. The lowest BCUT2D eigenvalue weighted by molar-refractivity contribution is 0.201. The Morgan fingerprint density at radius 2 is 1.73 bits per heavy atom. The van der Waals surface area contributed by atoms with Gasteiger partial charge in [0.15, 0.2) is 9.84 Å². The van der Waals surface area contributed by atoms with Gasteiger partial charge in [0, 0.05) is 18.3 Å². The van der Waals surface area contributed by atoms with E-state index in [1.165, 1.54) is 0 Å². The molecule has 1 heterocycles. The van der Waals surface area contributed by atoms with E-state index in [9.17, 15) is 13.2 Å². The van der Waals surface area contributed by atoms with Gasteiger partial charge in [-0.2, -0.15) is 0 Å². The fourth-order valence-electron chi connectivity index (χ4n) is 3.00. The van der Waals surface area contributed by atoms with Crippen molar-refractivity contribution in [3.05, 3.63) is 72.3 Å². The van der Waals surface area contributed by atoms with E-state index in [2.05, 4.69) is 5.32 Å². The molecular formula is C20H22N2O3S. The van der Waals surface area contributed by atoms with Crippen LogP contribution in [0.15, 0.2) is 66.7 Å². The van der Waals surface area contributed by atoms with Gasteiger partial charge < -0.3 is 10.2 Å². The van der Waals surface area contributed by atoms with Crippen molar-refractivity contribution in [3.8, 4) is 0 Å². The molecular weight excluding hydrogens is 348 g/mol. The number of para-hydroxylation sites is 1. The molecule has 1 unspecified atom stereocenters. The second-order valence-corrected chi connectivity index (χ2v) is 8.55. The second-order valence-electron chi connectivity index (χ2n) is 6.32. The topological polar surface area (TPSA) is 66.5 Å². The van der Waals surface area contributed by atoms with E-state index >= 15 is 0 Å². The van der Waals surface area contributed by atoms with Gasteiger partial charge in [0.25, 0.3) is 0 Å². The number of carbonyl (C=O) groups excluding carboxylic acids is 1. The van der Waals surface area contributed by atoms with Crippen LogP contribution in [-0.4, -0.2) is 43.4 Å². The number of nitrogens with one attached hydrogen (secondary N) is 1. The maximum Gasteiger partial charge on any atom is 0.322 e. The summed E-state index contributed by atoms with van der Waals surface area (Å²) in [4.78, 5) is 14.3. The summed E-state index contributed by atoms with van der Waals surface area (Å²) < 4.78 is 23.7. The van der Waals surface area contributed by atoms with Crippen LogP contribution in [0.3, 0.4) is 0 Å². The molecule has 1 aliphatic rings. The summed E-state index contributed by atoms with van der Waals surface area (Å²) in [6.07, 6.45) is 4.31. The highest BCUT2D eigenvalue weighted by molar-refractivity contribution is 7.91. The smallest absolute Gasteiger partial charge is 0.317 e. The average Bonchev–Trinajstić information content (AvgIpc) is 3.00. The highest BCUT2D eigenvalue weighted by Crippen LogP contribution is 2.19. The summed E-state index contributed by atoms with van der Waals surface area (Å²) in [7, 11) is -3.07. The Bertz CT molecular complexity index is 864. The van der Waals surface area contributed by atoms with Gasteiger partial charge in [-0.3, -0.25) is 0 Å². The molecule has 1 fully saturated rings. The Labute approximate surface area is 154 Å². The van der Waals surface area contributed by atoms with Crippen LogP contribution in [0.25, 0.3) is 6.08 Å². The molecule has 0 aromatic heterocycles. The quantitative estimate of drug-likeness (QED) is 0.877. The Morgan fingerprint density at radius 1 is 1.08 bits per heavy atom. The van der Waals surface area contributed by atoms with Crippen molar-refractivity contribution in [2.45, 2.75) is 12.5 Å². The number of benzene rings is 2. The van der Waals surface area contributed by atoms with E-state index in [4.69, 9.17) is 0 Å². The third-order valence-corrected chi connectivity index (χ3v) is 6.10. The SMILES string of the molecule is O=C(Nc1ccccc1)N(C/C=C/c1ccccc1)C1CCS(=O)(=O)C1. The first-order valence-corrected chi connectivity index (χ1v) is 10.4. The summed E-state index contributed by atoms with van der Waals surface area (Å²) in [5, 5.41) is 2.85. The number of hydrogen-bond donors (Lipinski definition) is 1. The molecule has 6 heteroatoms. The molecule has 5 nitrogen and oxygen atoms in total. The minimum Gasteiger partial charge on any atom is -0.317 e. The zero-order chi connectivity index (χ0) is 18.4. The molecule has 1 atom stereocenters. The zero-order valence-corrected chi connectivity index (χ0v) is 15.2. The van der Waals surface area contributed by atoms with Crippen molar-refractivity contribution in [2.75, 3.05) is 23.4 Å². The highest BCUT2D eigenvalue weighted by Gasteiger charge is 2.34. The number of amides is 2. The van der Waals surface area contributed by atoms with E-state index in [1.54, 1.807) is 17.0 Å². The van der Waals surface area contributed by atoms with Crippen LogP contribution in [0.4, 0.5) is 10.5 Å². The first-order valence-electron chi connectivity index (χ1n) is 8.58. The summed E-state index contributed by atoms with van der Waals surface area (Å²) in [5.41, 5.74) is 1.73. The van der Waals surface area contributed by atoms with E-state index in [0.29, 0.717) is 18.7 Å². The summed E-state index contributed by atoms with van der Waals surface area (Å²) >= 11 is 0. The van der Waals surface area contributed by atoms with Crippen molar-refractivity contribution in [2.24, 2.45) is 0 Å². The zero-order valence-electron chi connectivity index (χ0n) is 14.4. The molecule has 2 aromatic carbocycles. The first kappa shape index (κ1) is 18.2. The fraction of sp³-hybridized carbons (Fsp3) is 0.250. The van der Waals surface area contributed by atoms with Gasteiger partial charge >= 0.3 is 6.03 Å². The Morgan fingerprint density at radius 3 is 2.35 bits per heavy atom. The van der Waals surface area contributed by atoms with Crippen molar-refractivity contribution in [1.82, 2.24) is 4.90 Å². The lowest BCUT2D eigenvalue weighted by Crippen LogP contribution is -2.43. The summed E-state index contributed by atoms with van der Waals surface area (Å²) in [6, 6.07) is 18.4. The van der Waals surface area contributed by atoms with Gasteiger partial charge in [-0.05, 0) is 24.1 Å². The second kappa shape index (κ2) is 8.19. The van der Waals surface area contributed by atoms with Crippen LogP contribution in [0.5, 0.6) is 0 Å². The number of anilines is 1. The van der Waals surface area contributed by atoms with Gasteiger partial charge in [0.05, 0.1) is 11.5 Å². The van der Waals surface area contributed by atoms with Crippen LogP contribution >= 0.6 is 0 Å². The average molecular weight is 370 g/mol. The first-order chi connectivity index (χ1) is 12.5. The maximum absolute atomic E-state index is 12.7. The lowest BCUT2D eigenvalue weighted by Gasteiger charge is -2.27. The third kappa shape index (κ3) is 4.95. The highest BCUT2D eigenvalue weighted by atomic mass is 32.2. The fourth-order valence-corrected chi connectivity index (χ4v) is 4.73. The normalized spacial score (nSPS) is 18.7. The molecule has 2 amide bonds. The molecule has 0 spiro atoms. The predicted molar refractivity (Wildman–Crippen MR) is 105 cm³/mol. The molecule has 0 bridgehead atoms. The van der Waals surface area contributed by atoms with Crippen molar-refractivity contribution in [3.63, 3.8) is 0 Å². The number of sulfone groups is 1. The van der Waals surface area contributed by atoms with Crippen LogP contribution in [0.1, 0.15) is 12.0 Å². The predicted octanol–water partition coefficient (Wildman–Crippen LogP) is 3.42. The molecule has 0 aliphatic carbocycles. The van der Waals surface area contributed by atoms with Crippen LogP contribution in [0, 0.1) is 0 Å². The van der Waals surface area contributed by atoms with Gasteiger partial charge in [0.1, 0.15) is 0 Å². The van der Waals surface area contributed by atoms with Crippen LogP contribution in [-0.2, 0) is 9.84 Å². The van der Waals surface area contributed by atoms with Gasteiger partial charge in [-0.25, -0.2) is 13.2 Å². The Kier molecular flexibility index (Phi) is 5.73. The monoisotopic (exact) mass is 370 g/mol. The number of hydrogen-bond acceptors (Lipinski definition) is 3. The molecule has 26 heavy (non-hydrogen) atoms. The summed E-state index contributed by atoms with van der Waals surface area (Å²) in [5.74, 6) is 0.156. The van der Waals surface area contributed by atoms with Crippen molar-refractivity contribution >= 4 is 27.6 Å². The third-order valence-electron chi connectivity index (χ3n) is 4.35. The largest absolute Gasteiger partial charge is 0.322 e. The molecule has 1 aliphatic heterocycles. The number of rotatable bonds is 5. The minimum absolute atomic E-state index is 0.0222. The molecule has 1 N–H and O–H groups in total. The van der Waals surface area contributed by atoms with E-state index in [-0.39, 0.29) is 23.6 Å². The molecule has 3 rings (SSSR count). The van der Waals surface area contributed by atoms with Crippen molar-refractivity contribution in [1.29, 1.82) is 0 Å². The number of nitrogens with zero attached hydrogens (tertiary/aromatic N) is 1. The Hall–Kier alpha value is -2.60. The molecule has 1 saturated heterocycles. The van der Waals surface area contributed by atoms with E-state index < -0.39 is 9.84 Å². The lowest BCUT2D eigenvalue weighted by atomic mass is 10.2. The maximum atomic E-state index is 12.7.